The molecule has 1 amide bonds. The molecule has 0 atom stereocenters. The fraction of sp³-hybridized carbons (Fsp3) is 0.400. The summed E-state index contributed by atoms with van der Waals surface area (Å²) < 4.78 is 0. The zero-order valence-electron chi connectivity index (χ0n) is 15.4. The van der Waals surface area contributed by atoms with Gasteiger partial charge in [0.2, 0.25) is 5.91 Å². The van der Waals surface area contributed by atoms with Gasteiger partial charge in [-0.2, -0.15) is 11.3 Å². The molecule has 0 unspecified atom stereocenters. The standard InChI is InChI=1S/C20H25N3O2S/c1-16(24)18-3-5-19(6-4-18)23-10-8-22(9-11-23)14-20(25)21(2)13-17-7-12-26-15-17/h3-7,12,15H,8-11,13-14H2,1-2H3. The first kappa shape index (κ1) is 18.6. The SMILES string of the molecule is CC(=O)c1ccc(N2CCN(CC(=O)N(C)Cc3ccsc3)CC2)cc1. The lowest BCUT2D eigenvalue weighted by atomic mass is 10.1. The van der Waals surface area contributed by atoms with Gasteiger partial charge in [0.15, 0.2) is 5.78 Å². The van der Waals surface area contributed by atoms with Crippen LogP contribution >= 0.6 is 11.3 Å². The minimum absolute atomic E-state index is 0.0893. The van der Waals surface area contributed by atoms with E-state index < -0.39 is 0 Å². The number of carbonyl (C=O) groups is 2. The Morgan fingerprint density at radius 2 is 1.77 bits per heavy atom. The van der Waals surface area contributed by atoms with Crippen molar-refractivity contribution >= 4 is 28.7 Å². The third-order valence-electron chi connectivity index (χ3n) is 4.80. The van der Waals surface area contributed by atoms with Gasteiger partial charge in [0.1, 0.15) is 0 Å². The number of rotatable bonds is 6. The molecule has 1 fully saturated rings. The van der Waals surface area contributed by atoms with E-state index in [0.717, 1.165) is 37.4 Å². The third-order valence-corrected chi connectivity index (χ3v) is 5.53. The molecule has 138 valence electrons. The molecule has 1 aliphatic heterocycles. The lowest BCUT2D eigenvalue weighted by Crippen LogP contribution is -2.49. The van der Waals surface area contributed by atoms with Gasteiger partial charge >= 0.3 is 0 Å². The minimum atomic E-state index is 0.0893. The average molecular weight is 372 g/mol. The maximum atomic E-state index is 12.4. The van der Waals surface area contributed by atoms with Crippen LogP contribution < -0.4 is 4.90 Å². The molecule has 0 bridgehead atoms. The summed E-state index contributed by atoms with van der Waals surface area (Å²) in [6.45, 7) is 6.24. The van der Waals surface area contributed by atoms with Crippen LogP contribution in [0, 0.1) is 0 Å². The predicted octanol–water partition coefficient (Wildman–Crippen LogP) is 2.73. The van der Waals surface area contributed by atoms with Crippen molar-refractivity contribution in [3.63, 3.8) is 0 Å². The highest BCUT2D eigenvalue weighted by molar-refractivity contribution is 7.07. The Balaban J connectivity index is 1.47. The fourth-order valence-electron chi connectivity index (χ4n) is 3.13. The van der Waals surface area contributed by atoms with E-state index in [4.69, 9.17) is 0 Å². The number of carbonyl (C=O) groups excluding carboxylic acids is 2. The highest BCUT2D eigenvalue weighted by Gasteiger charge is 2.21. The van der Waals surface area contributed by atoms with Crippen molar-refractivity contribution < 1.29 is 9.59 Å². The van der Waals surface area contributed by atoms with Crippen molar-refractivity contribution in [1.29, 1.82) is 0 Å². The van der Waals surface area contributed by atoms with E-state index in [0.29, 0.717) is 13.1 Å². The van der Waals surface area contributed by atoms with E-state index in [1.165, 1.54) is 5.56 Å². The van der Waals surface area contributed by atoms with Gasteiger partial charge in [0.25, 0.3) is 0 Å². The molecule has 1 saturated heterocycles. The van der Waals surface area contributed by atoms with Gasteiger partial charge in [-0.3, -0.25) is 14.5 Å². The third kappa shape index (κ3) is 4.71. The summed E-state index contributed by atoms with van der Waals surface area (Å²) in [6.07, 6.45) is 0. The molecular formula is C20H25N3O2S. The number of anilines is 1. The Bertz CT molecular complexity index is 735. The van der Waals surface area contributed by atoms with Gasteiger partial charge in [-0.25, -0.2) is 0 Å². The second-order valence-electron chi connectivity index (χ2n) is 6.75. The molecule has 0 spiro atoms. The Kier molecular flexibility index (Phi) is 6.06. The Morgan fingerprint density at radius 1 is 1.08 bits per heavy atom. The van der Waals surface area contributed by atoms with E-state index in [1.807, 2.05) is 36.7 Å². The van der Waals surface area contributed by atoms with Gasteiger partial charge in [-0.1, -0.05) is 0 Å². The first-order valence-corrected chi connectivity index (χ1v) is 9.80. The van der Waals surface area contributed by atoms with E-state index in [1.54, 1.807) is 23.2 Å². The van der Waals surface area contributed by atoms with Crippen molar-refractivity contribution in [2.45, 2.75) is 13.5 Å². The second-order valence-corrected chi connectivity index (χ2v) is 7.53. The summed E-state index contributed by atoms with van der Waals surface area (Å²) in [7, 11) is 1.87. The molecule has 0 saturated carbocycles. The maximum Gasteiger partial charge on any atom is 0.236 e. The molecule has 1 aromatic heterocycles. The Morgan fingerprint density at radius 3 is 2.35 bits per heavy atom. The number of nitrogens with zero attached hydrogens (tertiary/aromatic N) is 3. The fourth-order valence-corrected chi connectivity index (χ4v) is 3.79. The molecular weight excluding hydrogens is 346 g/mol. The Hall–Kier alpha value is -2.18. The number of likely N-dealkylation sites (N-methyl/N-ethyl adjacent to an activating group) is 1. The van der Waals surface area contributed by atoms with Gasteiger partial charge in [-0.15, -0.1) is 0 Å². The number of hydrogen-bond acceptors (Lipinski definition) is 5. The normalized spacial score (nSPS) is 15.1. The van der Waals surface area contributed by atoms with Crippen LogP contribution in [0.2, 0.25) is 0 Å². The number of Topliss-reactive ketones (excluding diaryl/α,β-unsaturated/α-hetero) is 1. The van der Waals surface area contributed by atoms with Crippen molar-refractivity contribution in [3.8, 4) is 0 Å². The van der Waals surface area contributed by atoms with Gasteiger partial charge in [-0.05, 0) is 53.6 Å². The van der Waals surface area contributed by atoms with Crippen molar-refractivity contribution in [3.05, 3.63) is 52.2 Å². The Labute approximate surface area is 158 Å². The van der Waals surface area contributed by atoms with Crippen LogP contribution in [0.15, 0.2) is 41.1 Å². The molecule has 2 heterocycles. The molecule has 26 heavy (non-hydrogen) atoms. The summed E-state index contributed by atoms with van der Waals surface area (Å²) in [5, 5.41) is 4.12. The summed E-state index contributed by atoms with van der Waals surface area (Å²) in [5.41, 5.74) is 3.06. The molecule has 6 heteroatoms. The summed E-state index contributed by atoms with van der Waals surface area (Å²) in [4.78, 5) is 30.1. The lowest BCUT2D eigenvalue weighted by molar-refractivity contribution is -0.131. The van der Waals surface area contributed by atoms with Crippen LogP contribution in [0.25, 0.3) is 0 Å². The van der Waals surface area contributed by atoms with Crippen LogP contribution in [0.4, 0.5) is 5.69 Å². The number of piperazine rings is 1. The average Bonchev–Trinajstić information content (AvgIpc) is 3.15. The zero-order chi connectivity index (χ0) is 18.5. The molecule has 1 aromatic carbocycles. The van der Waals surface area contributed by atoms with E-state index >= 15 is 0 Å². The molecule has 0 radical (unpaired) electrons. The van der Waals surface area contributed by atoms with Crippen molar-refractivity contribution in [1.82, 2.24) is 9.80 Å². The first-order chi connectivity index (χ1) is 12.5. The highest BCUT2D eigenvalue weighted by Crippen LogP contribution is 2.18. The smallest absolute Gasteiger partial charge is 0.236 e. The number of hydrogen-bond donors (Lipinski definition) is 0. The maximum absolute atomic E-state index is 12.4. The summed E-state index contributed by atoms with van der Waals surface area (Å²) in [5.74, 6) is 0.252. The topological polar surface area (TPSA) is 43.9 Å². The molecule has 3 rings (SSSR count). The first-order valence-electron chi connectivity index (χ1n) is 8.86. The number of benzene rings is 1. The number of ketones is 1. The molecule has 1 aliphatic rings. The van der Waals surface area contributed by atoms with Crippen molar-refractivity contribution in [2.75, 3.05) is 44.7 Å². The summed E-state index contributed by atoms with van der Waals surface area (Å²) in [6, 6.07) is 9.84. The highest BCUT2D eigenvalue weighted by atomic mass is 32.1. The molecule has 0 N–H and O–H groups in total. The van der Waals surface area contributed by atoms with Gasteiger partial charge in [0.05, 0.1) is 6.54 Å². The monoisotopic (exact) mass is 371 g/mol. The zero-order valence-corrected chi connectivity index (χ0v) is 16.2. The number of thiophene rings is 1. The quantitative estimate of drug-likeness (QED) is 0.733. The molecule has 2 aromatic rings. The van der Waals surface area contributed by atoms with E-state index in [-0.39, 0.29) is 11.7 Å². The summed E-state index contributed by atoms with van der Waals surface area (Å²) >= 11 is 1.66. The van der Waals surface area contributed by atoms with Gasteiger partial charge in [0, 0.05) is 51.0 Å². The lowest BCUT2D eigenvalue weighted by Gasteiger charge is -2.36. The molecule has 5 nitrogen and oxygen atoms in total. The van der Waals surface area contributed by atoms with E-state index in [9.17, 15) is 9.59 Å². The van der Waals surface area contributed by atoms with Crippen LogP contribution in [0.5, 0.6) is 0 Å². The van der Waals surface area contributed by atoms with Crippen LogP contribution in [0.1, 0.15) is 22.8 Å². The van der Waals surface area contributed by atoms with Gasteiger partial charge < -0.3 is 9.80 Å². The predicted molar refractivity (Wildman–Crippen MR) is 106 cm³/mol. The van der Waals surface area contributed by atoms with Crippen LogP contribution in [-0.4, -0.2) is 61.3 Å². The minimum Gasteiger partial charge on any atom is -0.369 e. The van der Waals surface area contributed by atoms with Crippen LogP contribution in [0.3, 0.4) is 0 Å². The number of amides is 1. The van der Waals surface area contributed by atoms with E-state index in [2.05, 4.69) is 21.2 Å². The molecule has 0 aliphatic carbocycles. The second kappa shape index (κ2) is 8.47. The van der Waals surface area contributed by atoms with Crippen LogP contribution in [-0.2, 0) is 11.3 Å². The largest absolute Gasteiger partial charge is 0.369 e. The van der Waals surface area contributed by atoms with Crippen molar-refractivity contribution in [2.24, 2.45) is 0 Å².